The average Bonchev–Trinajstić information content (AvgIpc) is 2.85. The molecule has 1 N–H and O–H groups in total. The van der Waals surface area contributed by atoms with E-state index in [9.17, 15) is 10.1 Å². The molecule has 1 saturated heterocycles. The molecule has 2 fully saturated rings. The van der Waals surface area contributed by atoms with E-state index in [0.29, 0.717) is 6.04 Å². The third-order valence-electron chi connectivity index (χ3n) is 6.60. The van der Waals surface area contributed by atoms with Gasteiger partial charge in [0.25, 0.3) is 0 Å². The Morgan fingerprint density at radius 1 is 1.06 bits per heavy atom. The van der Waals surface area contributed by atoms with E-state index in [4.69, 9.17) is 4.74 Å². The van der Waals surface area contributed by atoms with Crippen LogP contribution in [0.25, 0.3) is 0 Å². The molecule has 6 nitrogen and oxygen atoms in total. The maximum Gasteiger partial charge on any atom is 0.248 e. The number of piperazine rings is 1. The van der Waals surface area contributed by atoms with E-state index >= 15 is 0 Å². The predicted molar refractivity (Wildman–Crippen MR) is 127 cm³/mol. The summed E-state index contributed by atoms with van der Waals surface area (Å²) in [6.07, 6.45) is 4.05. The number of ether oxygens (including phenoxy) is 1. The fourth-order valence-corrected chi connectivity index (χ4v) is 4.58. The number of hydrogen-bond donors (Lipinski definition) is 1. The van der Waals surface area contributed by atoms with Crippen LogP contribution in [-0.4, -0.2) is 55.7 Å². The molecule has 0 bridgehead atoms. The van der Waals surface area contributed by atoms with Gasteiger partial charge >= 0.3 is 0 Å². The standard InChI is InChI=1S/C26H32N4O2/c1-20-7-8-23(17-21(20)18-27)28-22-9-11-25(12-10-22)32-19-26(31)30-15-13-29(14-16-30)24-5-3-2-4-6-24/h2-8,17,22,25,28H,9-16,19H2,1H3. The van der Waals surface area contributed by atoms with E-state index in [1.807, 2.05) is 36.1 Å². The summed E-state index contributed by atoms with van der Waals surface area (Å²) in [5.74, 6) is 0.0987. The van der Waals surface area contributed by atoms with Crippen LogP contribution in [0.5, 0.6) is 0 Å². The first-order chi connectivity index (χ1) is 15.6. The van der Waals surface area contributed by atoms with Gasteiger partial charge in [0, 0.05) is 43.6 Å². The topological polar surface area (TPSA) is 68.6 Å². The van der Waals surface area contributed by atoms with Crippen molar-refractivity contribution in [3.63, 3.8) is 0 Å². The van der Waals surface area contributed by atoms with Crippen molar-refractivity contribution < 1.29 is 9.53 Å². The van der Waals surface area contributed by atoms with Crippen LogP contribution in [0.15, 0.2) is 48.5 Å². The van der Waals surface area contributed by atoms with Crippen LogP contribution < -0.4 is 10.2 Å². The van der Waals surface area contributed by atoms with Gasteiger partial charge < -0.3 is 19.9 Å². The highest BCUT2D eigenvalue weighted by molar-refractivity contribution is 5.77. The van der Waals surface area contributed by atoms with Gasteiger partial charge in [-0.15, -0.1) is 0 Å². The third-order valence-corrected chi connectivity index (χ3v) is 6.60. The number of nitriles is 1. The zero-order chi connectivity index (χ0) is 22.3. The summed E-state index contributed by atoms with van der Waals surface area (Å²) in [6, 6.07) is 18.9. The van der Waals surface area contributed by atoms with Crippen molar-refractivity contribution in [2.75, 3.05) is 43.0 Å². The Balaban J connectivity index is 1.16. The molecule has 168 valence electrons. The monoisotopic (exact) mass is 432 g/mol. The van der Waals surface area contributed by atoms with Gasteiger partial charge in [0.2, 0.25) is 5.91 Å². The summed E-state index contributed by atoms with van der Waals surface area (Å²) in [6.45, 7) is 5.34. The molecule has 2 aliphatic rings. The normalized spacial score (nSPS) is 21.1. The minimum atomic E-state index is 0.0987. The second-order valence-corrected chi connectivity index (χ2v) is 8.77. The molecule has 0 aromatic heterocycles. The summed E-state index contributed by atoms with van der Waals surface area (Å²) < 4.78 is 5.98. The second kappa shape index (κ2) is 10.5. The fourth-order valence-electron chi connectivity index (χ4n) is 4.58. The molecule has 2 aromatic rings. The first-order valence-corrected chi connectivity index (χ1v) is 11.6. The molecule has 1 heterocycles. The maximum atomic E-state index is 12.6. The molecular formula is C26H32N4O2. The molecule has 0 unspecified atom stereocenters. The molecule has 6 heteroatoms. The van der Waals surface area contributed by atoms with Gasteiger partial charge in [-0.2, -0.15) is 5.26 Å². The fraction of sp³-hybridized carbons (Fsp3) is 0.462. The summed E-state index contributed by atoms with van der Waals surface area (Å²) in [5, 5.41) is 12.8. The van der Waals surface area contributed by atoms with Gasteiger partial charge in [-0.3, -0.25) is 4.79 Å². The van der Waals surface area contributed by atoms with Crippen LogP contribution in [0.3, 0.4) is 0 Å². The highest BCUT2D eigenvalue weighted by atomic mass is 16.5. The molecule has 2 aromatic carbocycles. The Labute approximate surface area is 190 Å². The summed E-state index contributed by atoms with van der Waals surface area (Å²) in [5.41, 5.74) is 3.94. The van der Waals surface area contributed by atoms with Crippen molar-refractivity contribution in [1.29, 1.82) is 5.26 Å². The van der Waals surface area contributed by atoms with Crippen molar-refractivity contribution in [2.24, 2.45) is 0 Å². The lowest BCUT2D eigenvalue weighted by molar-refractivity contribution is -0.139. The number of anilines is 2. The Morgan fingerprint density at radius 2 is 1.78 bits per heavy atom. The van der Waals surface area contributed by atoms with E-state index in [0.717, 1.165) is 68.7 Å². The van der Waals surface area contributed by atoms with Gasteiger partial charge in [0.05, 0.1) is 17.7 Å². The molecule has 0 spiro atoms. The van der Waals surface area contributed by atoms with E-state index < -0.39 is 0 Å². The minimum absolute atomic E-state index is 0.0987. The molecule has 4 rings (SSSR count). The van der Waals surface area contributed by atoms with Gasteiger partial charge in [-0.05, 0) is 62.4 Å². The van der Waals surface area contributed by atoms with Crippen LogP contribution in [0.4, 0.5) is 11.4 Å². The van der Waals surface area contributed by atoms with E-state index in [1.165, 1.54) is 5.69 Å². The van der Waals surface area contributed by atoms with Crippen molar-refractivity contribution in [3.05, 3.63) is 59.7 Å². The molecule has 0 radical (unpaired) electrons. The molecule has 32 heavy (non-hydrogen) atoms. The Hall–Kier alpha value is -3.04. The van der Waals surface area contributed by atoms with Gasteiger partial charge in [-0.1, -0.05) is 24.3 Å². The largest absolute Gasteiger partial charge is 0.382 e. The van der Waals surface area contributed by atoms with Crippen LogP contribution >= 0.6 is 0 Å². The minimum Gasteiger partial charge on any atom is -0.382 e. The Morgan fingerprint density at radius 3 is 2.47 bits per heavy atom. The first kappa shape index (κ1) is 22.2. The number of amides is 1. The van der Waals surface area contributed by atoms with Crippen LogP contribution in [0.2, 0.25) is 0 Å². The number of aryl methyl sites for hydroxylation is 1. The molecule has 1 aliphatic carbocycles. The zero-order valence-corrected chi connectivity index (χ0v) is 18.8. The molecular weight excluding hydrogens is 400 g/mol. The Kier molecular flexibility index (Phi) is 7.28. The summed E-state index contributed by atoms with van der Waals surface area (Å²) >= 11 is 0. The van der Waals surface area contributed by atoms with Crippen LogP contribution in [0.1, 0.15) is 36.8 Å². The number of benzene rings is 2. The number of rotatable bonds is 6. The van der Waals surface area contributed by atoms with E-state index in [1.54, 1.807) is 0 Å². The average molecular weight is 433 g/mol. The first-order valence-electron chi connectivity index (χ1n) is 11.6. The maximum absolute atomic E-state index is 12.6. The summed E-state index contributed by atoms with van der Waals surface area (Å²) in [7, 11) is 0. The molecule has 1 aliphatic heterocycles. The number of carbonyl (C=O) groups is 1. The smallest absolute Gasteiger partial charge is 0.248 e. The number of hydrogen-bond acceptors (Lipinski definition) is 5. The number of para-hydroxylation sites is 1. The molecule has 1 saturated carbocycles. The number of nitrogens with one attached hydrogen (secondary N) is 1. The van der Waals surface area contributed by atoms with Gasteiger partial charge in [0.1, 0.15) is 6.61 Å². The number of carbonyl (C=O) groups excluding carboxylic acids is 1. The molecule has 0 atom stereocenters. The van der Waals surface area contributed by atoms with E-state index in [2.05, 4.69) is 40.6 Å². The summed E-state index contributed by atoms with van der Waals surface area (Å²) in [4.78, 5) is 16.9. The lowest BCUT2D eigenvalue weighted by Gasteiger charge is -2.36. The van der Waals surface area contributed by atoms with Crippen molar-refractivity contribution >= 4 is 17.3 Å². The van der Waals surface area contributed by atoms with Crippen LogP contribution in [0, 0.1) is 18.3 Å². The van der Waals surface area contributed by atoms with Crippen molar-refractivity contribution in [3.8, 4) is 6.07 Å². The molecule has 1 amide bonds. The highest BCUT2D eigenvalue weighted by Crippen LogP contribution is 2.25. The quantitative estimate of drug-likeness (QED) is 0.748. The van der Waals surface area contributed by atoms with Crippen molar-refractivity contribution in [2.45, 2.75) is 44.8 Å². The zero-order valence-electron chi connectivity index (χ0n) is 18.8. The van der Waals surface area contributed by atoms with Crippen LogP contribution in [-0.2, 0) is 9.53 Å². The third kappa shape index (κ3) is 5.60. The lowest BCUT2D eigenvalue weighted by atomic mass is 9.92. The number of nitrogens with zero attached hydrogens (tertiary/aromatic N) is 3. The Bertz CT molecular complexity index is 940. The van der Waals surface area contributed by atoms with Crippen molar-refractivity contribution in [1.82, 2.24) is 4.90 Å². The lowest BCUT2D eigenvalue weighted by Crippen LogP contribution is -2.50. The van der Waals surface area contributed by atoms with E-state index in [-0.39, 0.29) is 18.6 Å². The second-order valence-electron chi connectivity index (χ2n) is 8.77. The van der Waals surface area contributed by atoms with Gasteiger partial charge in [0.15, 0.2) is 0 Å². The highest BCUT2D eigenvalue weighted by Gasteiger charge is 2.25. The predicted octanol–water partition coefficient (Wildman–Crippen LogP) is 3.96. The van der Waals surface area contributed by atoms with Gasteiger partial charge in [-0.25, -0.2) is 0 Å². The SMILES string of the molecule is Cc1ccc(NC2CCC(OCC(=O)N3CCN(c4ccccc4)CC3)CC2)cc1C#N.